The molecule has 2 aliphatic rings. The van der Waals surface area contributed by atoms with E-state index in [1.807, 2.05) is 0 Å². The van der Waals surface area contributed by atoms with Crippen molar-refractivity contribution in [2.75, 3.05) is 0 Å². The summed E-state index contributed by atoms with van der Waals surface area (Å²) in [5, 5.41) is 12.8. The molecule has 0 fully saturated rings. The summed E-state index contributed by atoms with van der Waals surface area (Å²) in [7, 11) is 0. The van der Waals surface area contributed by atoms with Crippen molar-refractivity contribution in [3.63, 3.8) is 0 Å². The summed E-state index contributed by atoms with van der Waals surface area (Å²) in [5.74, 6) is 0. The largest absolute Gasteiger partial charge is 0.0725 e. The van der Waals surface area contributed by atoms with Gasteiger partial charge in [-0.25, -0.2) is 0 Å². The number of rotatable bonds is 2. The first-order valence-corrected chi connectivity index (χ1v) is 20.0. The van der Waals surface area contributed by atoms with Crippen LogP contribution < -0.4 is 0 Å². The highest BCUT2D eigenvalue weighted by Crippen LogP contribution is 2.64. The van der Waals surface area contributed by atoms with Crippen molar-refractivity contribution in [1.82, 2.24) is 0 Å². The van der Waals surface area contributed by atoms with E-state index in [1.54, 1.807) is 0 Å². The Morgan fingerprint density at radius 2 is 0.789 bits per heavy atom. The van der Waals surface area contributed by atoms with E-state index < -0.39 is 5.41 Å². The van der Waals surface area contributed by atoms with Crippen molar-refractivity contribution in [1.29, 1.82) is 0 Å². The van der Waals surface area contributed by atoms with Crippen molar-refractivity contribution < 1.29 is 0 Å². The Bertz CT molecular complexity index is 3480. The number of hydrogen-bond acceptors (Lipinski definition) is 0. The van der Waals surface area contributed by atoms with Gasteiger partial charge in [0.1, 0.15) is 0 Å². The molecule has 0 saturated carbocycles. The predicted octanol–water partition coefficient (Wildman–Crippen LogP) is 15.1. The molecular weight excluding hydrogens is 685 g/mol. The van der Waals surface area contributed by atoms with E-state index in [9.17, 15) is 0 Å². The van der Waals surface area contributed by atoms with Gasteiger partial charge >= 0.3 is 0 Å². The fraction of sp³-hybridized carbons (Fsp3) is 0.0175. The first-order chi connectivity index (χ1) is 28.3. The molecule has 0 atom stereocenters. The van der Waals surface area contributed by atoms with Crippen LogP contribution in [0.5, 0.6) is 0 Å². The minimum absolute atomic E-state index is 0.430. The lowest BCUT2D eigenvalue weighted by Crippen LogP contribution is -2.25. The minimum Gasteiger partial charge on any atom is -0.0619 e. The van der Waals surface area contributed by atoms with Crippen LogP contribution in [0.3, 0.4) is 0 Å². The van der Waals surface area contributed by atoms with E-state index in [1.165, 1.54) is 121 Å². The molecular formula is C57H34. The highest BCUT2D eigenvalue weighted by molar-refractivity contribution is 6.21. The Morgan fingerprint density at radius 1 is 0.228 bits per heavy atom. The van der Waals surface area contributed by atoms with Crippen molar-refractivity contribution >= 4 is 53.9 Å². The van der Waals surface area contributed by atoms with Crippen molar-refractivity contribution in [3.05, 3.63) is 229 Å². The molecule has 57 heavy (non-hydrogen) atoms. The third-order valence-corrected chi connectivity index (χ3v) is 13.2. The van der Waals surface area contributed by atoms with Gasteiger partial charge in [-0.05, 0) is 139 Å². The summed E-state index contributed by atoms with van der Waals surface area (Å²) in [6.07, 6.45) is 0. The van der Waals surface area contributed by atoms with Gasteiger partial charge in [-0.1, -0.05) is 188 Å². The molecule has 0 saturated heterocycles. The van der Waals surface area contributed by atoms with Crippen LogP contribution in [-0.2, 0) is 5.41 Å². The summed E-state index contributed by atoms with van der Waals surface area (Å²) >= 11 is 0. The van der Waals surface area contributed by atoms with Crippen molar-refractivity contribution in [2.45, 2.75) is 5.41 Å². The van der Waals surface area contributed by atoms with Gasteiger partial charge in [-0.2, -0.15) is 0 Å². The average Bonchev–Trinajstić information content (AvgIpc) is 3.75. The Kier molecular flexibility index (Phi) is 6.19. The maximum Gasteiger partial charge on any atom is 0.0725 e. The molecule has 0 aromatic heterocycles. The van der Waals surface area contributed by atoms with Gasteiger partial charge in [0.05, 0.1) is 5.41 Å². The lowest BCUT2D eigenvalue weighted by Gasteiger charge is -2.30. The van der Waals surface area contributed by atoms with Crippen LogP contribution in [0.25, 0.3) is 98.4 Å². The lowest BCUT2D eigenvalue weighted by atomic mass is 9.70. The molecule has 0 bridgehead atoms. The second-order valence-corrected chi connectivity index (χ2v) is 15.9. The molecule has 11 aromatic rings. The Balaban J connectivity index is 1.15. The van der Waals surface area contributed by atoms with Gasteiger partial charge in [-0.15, -0.1) is 0 Å². The van der Waals surface area contributed by atoms with Gasteiger partial charge in [0.2, 0.25) is 0 Å². The van der Waals surface area contributed by atoms with Crippen LogP contribution >= 0.6 is 0 Å². The normalized spacial score (nSPS) is 13.4. The zero-order valence-corrected chi connectivity index (χ0v) is 31.1. The number of fused-ring (bicyclic) bond motifs is 17. The predicted molar refractivity (Wildman–Crippen MR) is 241 cm³/mol. The first kappa shape index (κ1) is 31.0. The molecule has 0 nitrogen and oxygen atoms in total. The van der Waals surface area contributed by atoms with Crippen molar-refractivity contribution in [2.24, 2.45) is 0 Å². The zero-order chi connectivity index (χ0) is 37.2. The van der Waals surface area contributed by atoms with E-state index in [-0.39, 0.29) is 0 Å². The third kappa shape index (κ3) is 4.07. The lowest BCUT2D eigenvalue weighted by molar-refractivity contribution is 0.794. The Morgan fingerprint density at radius 3 is 1.61 bits per heavy atom. The monoisotopic (exact) mass is 718 g/mol. The minimum atomic E-state index is -0.430. The maximum atomic E-state index is 2.53. The third-order valence-electron chi connectivity index (χ3n) is 13.2. The summed E-state index contributed by atoms with van der Waals surface area (Å²) in [6.45, 7) is 0. The van der Waals surface area contributed by atoms with Crippen LogP contribution in [0.1, 0.15) is 22.3 Å². The van der Waals surface area contributed by atoms with Crippen LogP contribution in [0.4, 0.5) is 0 Å². The molecule has 0 heteroatoms. The summed E-state index contributed by atoms with van der Waals surface area (Å²) in [5.41, 5.74) is 15.4. The molecule has 0 heterocycles. The fourth-order valence-corrected chi connectivity index (χ4v) is 10.9. The molecule has 0 aliphatic heterocycles. The Hall–Kier alpha value is -7.28. The number of hydrogen-bond donors (Lipinski definition) is 0. The second kappa shape index (κ2) is 11.4. The van der Waals surface area contributed by atoms with Gasteiger partial charge in [-0.3, -0.25) is 0 Å². The molecule has 13 rings (SSSR count). The van der Waals surface area contributed by atoms with E-state index in [0.717, 1.165) is 0 Å². The first-order valence-electron chi connectivity index (χ1n) is 20.0. The second-order valence-electron chi connectivity index (χ2n) is 15.9. The van der Waals surface area contributed by atoms with Gasteiger partial charge in [0.25, 0.3) is 0 Å². The topological polar surface area (TPSA) is 0 Å². The van der Waals surface area contributed by atoms with Crippen LogP contribution in [0.15, 0.2) is 206 Å². The summed E-state index contributed by atoms with van der Waals surface area (Å²) in [4.78, 5) is 0. The van der Waals surface area contributed by atoms with Crippen LogP contribution in [0.2, 0.25) is 0 Å². The van der Waals surface area contributed by atoms with Crippen LogP contribution in [-0.4, -0.2) is 0 Å². The highest BCUT2D eigenvalue weighted by Gasteiger charge is 2.52. The van der Waals surface area contributed by atoms with E-state index in [2.05, 4.69) is 206 Å². The Labute approximate surface area is 330 Å². The SMILES string of the molecule is c1ccc2c(c1)-c1ccccc1C21c2ccc(-c3c4ccccc4cc4c3ccc3ccccc34)cc2-c2c1ccc1c(-c3ccc4ccccc4c3)cccc21. The molecule has 0 N–H and O–H groups in total. The van der Waals surface area contributed by atoms with Crippen molar-refractivity contribution in [3.8, 4) is 44.5 Å². The molecule has 0 radical (unpaired) electrons. The highest BCUT2D eigenvalue weighted by atomic mass is 14.5. The zero-order valence-electron chi connectivity index (χ0n) is 31.1. The standard InChI is InChI=1S/C57H34/c1-2-14-37-32-39(25-24-35(37)12-1)42-20-11-21-47-44(42)29-31-54-56(47)50-34-40(27-30-53(50)57(54)51-22-9-7-18-45(51)46-19-8-10-23-52(46)57)55-43-17-6-4-15-38(43)33-49-41-16-5-3-13-36(41)26-28-48(49)55/h1-34H. The molecule has 11 aromatic carbocycles. The van der Waals surface area contributed by atoms with E-state index in [4.69, 9.17) is 0 Å². The van der Waals surface area contributed by atoms with E-state index in [0.29, 0.717) is 0 Å². The smallest absolute Gasteiger partial charge is 0.0619 e. The quantitative estimate of drug-likeness (QED) is 0.123. The average molecular weight is 719 g/mol. The summed E-state index contributed by atoms with van der Waals surface area (Å²) in [6, 6.07) is 77.8. The maximum absolute atomic E-state index is 2.53. The van der Waals surface area contributed by atoms with Gasteiger partial charge in [0, 0.05) is 0 Å². The molecule has 1 spiro atoms. The van der Waals surface area contributed by atoms with Crippen LogP contribution in [0, 0.1) is 0 Å². The fourth-order valence-electron chi connectivity index (χ4n) is 10.9. The summed E-state index contributed by atoms with van der Waals surface area (Å²) < 4.78 is 0. The molecule has 0 unspecified atom stereocenters. The van der Waals surface area contributed by atoms with E-state index >= 15 is 0 Å². The molecule has 2 aliphatic carbocycles. The number of benzene rings is 11. The van der Waals surface area contributed by atoms with Gasteiger partial charge in [0.15, 0.2) is 0 Å². The molecule has 0 amide bonds. The molecule has 262 valence electrons. The van der Waals surface area contributed by atoms with Gasteiger partial charge < -0.3 is 0 Å².